The van der Waals surface area contributed by atoms with Crippen molar-refractivity contribution in [3.05, 3.63) is 71.3 Å². The van der Waals surface area contributed by atoms with Crippen LogP contribution >= 0.6 is 24.0 Å². The van der Waals surface area contributed by atoms with E-state index in [-0.39, 0.29) is 30.0 Å². The van der Waals surface area contributed by atoms with Gasteiger partial charge < -0.3 is 20.1 Å². The van der Waals surface area contributed by atoms with Gasteiger partial charge in [-0.1, -0.05) is 54.6 Å². The number of aliphatic imine (C=N–C) groups is 1. The molecule has 2 aromatic rings. The van der Waals surface area contributed by atoms with E-state index < -0.39 is 0 Å². The second-order valence-corrected chi connectivity index (χ2v) is 6.54. The molecular formula is C23H34IN3O2. The Kier molecular flexibility index (Phi) is 13.3. The number of benzene rings is 2. The summed E-state index contributed by atoms with van der Waals surface area (Å²) in [6.07, 6.45) is 0. The van der Waals surface area contributed by atoms with E-state index in [9.17, 15) is 0 Å². The van der Waals surface area contributed by atoms with E-state index >= 15 is 0 Å². The van der Waals surface area contributed by atoms with Crippen LogP contribution in [0.15, 0.2) is 59.6 Å². The maximum atomic E-state index is 5.66. The first-order valence-corrected chi connectivity index (χ1v) is 10.1. The quantitative estimate of drug-likeness (QED) is 0.199. The fraction of sp³-hybridized carbons (Fsp3) is 0.435. The van der Waals surface area contributed by atoms with Crippen molar-refractivity contribution in [2.45, 2.75) is 40.0 Å². The lowest BCUT2D eigenvalue weighted by Crippen LogP contribution is -2.38. The van der Waals surface area contributed by atoms with Gasteiger partial charge >= 0.3 is 0 Å². The highest BCUT2D eigenvalue weighted by Crippen LogP contribution is 2.11. The van der Waals surface area contributed by atoms with Crippen LogP contribution in [0.1, 0.15) is 43.5 Å². The first-order valence-electron chi connectivity index (χ1n) is 10.1. The van der Waals surface area contributed by atoms with Gasteiger partial charge in [0.1, 0.15) is 0 Å². The molecule has 0 saturated heterocycles. The largest absolute Gasteiger partial charge is 0.379 e. The van der Waals surface area contributed by atoms with Crippen LogP contribution in [0.25, 0.3) is 0 Å². The third kappa shape index (κ3) is 10.1. The zero-order chi connectivity index (χ0) is 20.0. The van der Waals surface area contributed by atoms with Gasteiger partial charge in [0.25, 0.3) is 0 Å². The van der Waals surface area contributed by atoms with Crippen LogP contribution in [0.5, 0.6) is 0 Å². The molecule has 1 atom stereocenters. The summed E-state index contributed by atoms with van der Waals surface area (Å²) in [6, 6.07) is 18.9. The zero-order valence-electron chi connectivity index (χ0n) is 17.7. The highest BCUT2D eigenvalue weighted by molar-refractivity contribution is 14.0. The number of hydrogen-bond donors (Lipinski definition) is 2. The summed E-state index contributed by atoms with van der Waals surface area (Å²) in [4.78, 5) is 4.74. The molecule has 0 spiro atoms. The summed E-state index contributed by atoms with van der Waals surface area (Å²) >= 11 is 0. The Morgan fingerprint density at radius 1 is 0.966 bits per heavy atom. The molecule has 0 fully saturated rings. The number of guanidine groups is 1. The summed E-state index contributed by atoms with van der Waals surface area (Å²) in [5, 5.41) is 6.80. The fourth-order valence-electron chi connectivity index (χ4n) is 2.79. The molecule has 0 amide bonds. The summed E-state index contributed by atoms with van der Waals surface area (Å²) in [6.45, 7) is 10.2. The second kappa shape index (κ2) is 15.2. The second-order valence-electron chi connectivity index (χ2n) is 6.54. The molecular weight excluding hydrogens is 477 g/mol. The molecule has 2 rings (SSSR count). The van der Waals surface area contributed by atoms with Gasteiger partial charge in [-0.2, -0.15) is 0 Å². The molecule has 160 valence electrons. The minimum Gasteiger partial charge on any atom is -0.379 e. The number of rotatable bonds is 11. The molecule has 2 aromatic carbocycles. The topological polar surface area (TPSA) is 54.9 Å². The fourth-order valence-corrected chi connectivity index (χ4v) is 2.79. The lowest BCUT2D eigenvalue weighted by atomic mass is 10.1. The molecule has 0 bridgehead atoms. The van der Waals surface area contributed by atoms with Gasteiger partial charge in [0.15, 0.2) is 5.96 Å². The molecule has 5 nitrogen and oxygen atoms in total. The number of hydrogen-bond acceptors (Lipinski definition) is 3. The molecule has 0 aliphatic rings. The van der Waals surface area contributed by atoms with Crippen molar-refractivity contribution < 1.29 is 9.47 Å². The maximum Gasteiger partial charge on any atom is 0.192 e. The minimum atomic E-state index is 0. The summed E-state index contributed by atoms with van der Waals surface area (Å²) in [7, 11) is 0. The van der Waals surface area contributed by atoms with Gasteiger partial charge in [-0.25, -0.2) is 4.99 Å². The molecule has 1 unspecified atom stereocenters. The Labute approximate surface area is 192 Å². The van der Waals surface area contributed by atoms with Crippen molar-refractivity contribution >= 4 is 29.9 Å². The van der Waals surface area contributed by atoms with E-state index in [0.717, 1.165) is 30.2 Å². The van der Waals surface area contributed by atoms with Gasteiger partial charge in [-0.05, 0) is 37.5 Å². The van der Waals surface area contributed by atoms with Crippen LogP contribution in [-0.2, 0) is 22.6 Å². The predicted octanol–water partition coefficient (Wildman–Crippen LogP) is 4.67. The highest BCUT2D eigenvalue weighted by Gasteiger charge is 2.07. The zero-order valence-corrected chi connectivity index (χ0v) is 20.0. The van der Waals surface area contributed by atoms with Crippen molar-refractivity contribution in [2.75, 3.05) is 26.4 Å². The smallest absolute Gasteiger partial charge is 0.192 e. The molecule has 0 aromatic heterocycles. The van der Waals surface area contributed by atoms with E-state index in [1.165, 1.54) is 5.56 Å². The lowest BCUT2D eigenvalue weighted by molar-refractivity contribution is 0.0453. The maximum absolute atomic E-state index is 5.66. The molecule has 6 heteroatoms. The number of nitrogens with zero attached hydrogens (tertiary/aromatic N) is 1. The third-order valence-electron chi connectivity index (χ3n) is 4.25. The van der Waals surface area contributed by atoms with Crippen molar-refractivity contribution in [3.63, 3.8) is 0 Å². The molecule has 0 radical (unpaired) electrons. The first kappa shape index (κ1) is 25.4. The SMILES string of the molecule is CCNC(=NCc1cccc(COCCOCC)c1)NC(C)c1ccccc1.I. The predicted molar refractivity (Wildman–Crippen MR) is 131 cm³/mol. The van der Waals surface area contributed by atoms with Crippen LogP contribution in [-0.4, -0.2) is 32.3 Å². The normalized spacial score (nSPS) is 12.2. The minimum absolute atomic E-state index is 0. The van der Waals surface area contributed by atoms with E-state index in [1.807, 2.05) is 13.0 Å². The third-order valence-corrected chi connectivity index (χ3v) is 4.25. The van der Waals surface area contributed by atoms with Gasteiger partial charge in [-0.3, -0.25) is 0 Å². The van der Waals surface area contributed by atoms with Gasteiger partial charge in [0, 0.05) is 13.2 Å². The number of ether oxygens (including phenoxy) is 2. The Morgan fingerprint density at radius 3 is 2.41 bits per heavy atom. The lowest BCUT2D eigenvalue weighted by Gasteiger charge is -2.18. The van der Waals surface area contributed by atoms with Crippen LogP contribution in [0.3, 0.4) is 0 Å². The van der Waals surface area contributed by atoms with Gasteiger partial charge in [0.2, 0.25) is 0 Å². The van der Waals surface area contributed by atoms with Gasteiger partial charge in [-0.15, -0.1) is 24.0 Å². The Balaban J connectivity index is 0.00000420. The van der Waals surface area contributed by atoms with Crippen molar-refractivity contribution in [2.24, 2.45) is 4.99 Å². The Bertz CT molecular complexity index is 710. The number of halogens is 1. The monoisotopic (exact) mass is 511 g/mol. The van der Waals surface area contributed by atoms with Crippen LogP contribution < -0.4 is 10.6 Å². The van der Waals surface area contributed by atoms with Crippen LogP contribution in [0.2, 0.25) is 0 Å². The van der Waals surface area contributed by atoms with Crippen molar-refractivity contribution in [3.8, 4) is 0 Å². The Hall–Kier alpha value is -1.64. The molecule has 0 aliphatic carbocycles. The molecule has 0 aliphatic heterocycles. The average Bonchev–Trinajstić information content (AvgIpc) is 2.73. The van der Waals surface area contributed by atoms with Crippen LogP contribution in [0, 0.1) is 0 Å². The molecule has 0 heterocycles. The van der Waals surface area contributed by atoms with Crippen LogP contribution in [0.4, 0.5) is 0 Å². The van der Waals surface area contributed by atoms with E-state index in [4.69, 9.17) is 14.5 Å². The molecule has 0 saturated carbocycles. The van der Waals surface area contributed by atoms with Gasteiger partial charge in [0.05, 0.1) is 32.4 Å². The van der Waals surface area contributed by atoms with Crippen molar-refractivity contribution in [1.29, 1.82) is 0 Å². The standard InChI is InChI=1S/C23H33N3O2.HI/c1-4-24-23(26-19(3)22-12-7-6-8-13-22)25-17-20-10-9-11-21(16-20)18-28-15-14-27-5-2;/h6-13,16,19H,4-5,14-15,17-18H2,1-3H3,(H2,24,25,26);1H. The summed E-state index contributed by atoms with van der Waals surface area (Å²) in [5.74, 6) is 0.817. The number of nitrogens with one attached hydrogen (secondary N) is 2. The van der Waals surface area contributed by atoms with E-state index in [1.54, 1.807) is 0 Å². The molecule has 2 N–H and O–H groups in total. The average molecular weight is 511 g/mol. The summed E-state index contributed by atoms with van der Waals surface area (Å²) < 4.78 is 10.9. The van der Waals surface area contributed by atoms with Crippen molar-refractivity contribution in [1.82, 2.24) is 10.6 Å². The highest BCUT2D eigenvalue weighted by atomic mass is 127. The summed E-state index contributed by atoms with van der Waals surface area (Å²) in [5.41, 5.74) is 3.55. The van der Waals surface area contributed by atoms with E-state index in [0.29, 0.717) is 26.4 Å². The van der Waals surface area contributed by atoms with E-state index in [2.05, 4.69) is 73.0 Å². The first-order chi connectivity index (χ1) is 13.7. The molecule has 29 heavy (non-hydrogen) atoms. The Morgan fingerprint density at radius 2 is 1.69 bits per heavy atom.